The molecule has 5 amide bonds. The number of likely N-dealkylation sites (N-methyl/N-ethyl adjacent to an activating group) is 2. The molecule has 0 radical (unpaired) electrons. The Balaban J connectivity index is 1.49. The molecule has 0 unspecified atom stereocenters. The number of carbonyl (C=O) groups excluding carboxylic acids is 4. The van der Waals surface area contributed by atoms with E-state index in [1.807, 2.05) is 75.4 Å². The summed E-state index contributed by atoms with van der Waals surface area (Å²) < 4.78 is 5.84. The molecule has 0 saturated heterocycles. The van der Waals surface area contributed by atoms with Gasteiger partial charge in [0.15, 0.2) is 6.61 Å². The second-order valence-electron chi connectivity index (χ2n) is 10.9. The highest BCUT2D eigenvalue weighted by molar-refractivity contribution is 6.05. The van der Waals surface area contributed by atoms with Crippen molar-refractivity contribution in [1.29, 1.82) is 0 Å². The summed E-state index contributed by atoms with van der Waals surface area (Å²) >= 11 is 0. The summed E-state index contributed by atoms with van der Waals surface area (Å²) in [5.41, 5.74) is 5.46. The van der Waals surface area contributed by atoms with Crippen molar-refractivity contribution >= 4 is 46.5 Å². The van der Waals surface area contributed by atoms with Crippen LogP contribution in [0, 0.1) is 20.8 Å². The maximum Gasteiger partial charge on any atom is 0.319 e. The summed E-state index contributed by atoms with van der Waals surface area (Å²) in [6.45, 7) is 4.94. The number of hydrogen-bond donors (Lipinski definition) is 2. The Morgan fingerprint density at radius 1 is 0.696 bits per heavy atom. The summed E-state index contributed by atoms with van der Waals surface area (Å²) in [6.07, 6.45) is 0. The topological polar surface area (TPSA) is 111 Å². The molecule has 10 nitrogen and oxygen atoms in total. The molecule has 4 aromatic carbocycles. The number of amides is 5. The highest BCUT2D eigenvalue weighted by Crippen LogP contribution is 2.24. The van der Waals surface area contributed by atoms with Crippen molar-refractivity contribution in [2.24, 2.45) is 0 Å². The van der Waals surface area contributed by atoms with Gasteiger partial charge in [0.1, 0.15) is 12.3 Å². The van der Waals surface area contributed by atoms with E-state index in [9.17, 15) is 19.2 Å². The van der Waals surface area contributed by atoms with Gasteiger partial charge in [-0.15, -0.1) is 0 Å². The average Bonchev–Trinajstić information content (AvgIpc) is 3.06. The largest absolute Gasteiger partial charge is 0.484 e. The molecule has 0 aliphatic heterocycles. The molecule has 0 spiro atoms. The van der Waals surface area contributed by atoms with Gasteiger partial charge in [0.05, 0.1) is 6.54 Å². The number of anilines is 4. The quantitative estimate of drug-likeness (QED) is 0.231. The molecule has 10 heteroatoms. The number of nitrogens with zero attached hydrogens (tertiary/aromatic N) is 3. The van der Waals surface area contributed by atoms with Crippen molar-refractivity contribution in [3.8, 4) is 5.75 Å². The molecule has 238 valence electrons. The normalized spacial score (nSPS) is 10.5. The lowest BCUT2D eigenvalue weighted by molar-refractivity contribution is -0.121. The zero-order valence-electron chi connectivity index (χ0n) is 26.7. The molecule has 0 aliphatic rings. The zero-order valence-corrected chi connectivity index (χ0v) is 26.7. The van der Waals surface area contributed by atoms with Gasteiger partial charge in [-0.3, -0.25) is 14.4 Å². The maximum absolute atomic E-state index is 13.5. The predicted molar refractivity (Wildman–Crippen MR) is 182 cm³/mol. The van der Waals surface area contributed by atoms with Crippen LogP contribution in [0.15, 0.2) is 97.1 Å². The number of para-hydroxylation sites is 1. The lowest BCUT2D eigenvalue weighted by Gasteiger charge is -2.26. The van der Waals surface area contributed by atoms with Gasteiger partial charge < -0.3 is 30.1 Å². The number of rotatable bonds is 11. The Morgan fingerprint density at radius 2 is 1.39 bits per heavy atom. The van der Waals surface area contributed by atoms with E-state index in [0.717, 1.165) is 22.4 Å². The Morgan fingerprint density at radius 3 is 2.13 bits per heavy atom. The van der Waals surface area contributed by atoms with E-state index in [2.05, 4.69) is 10.6 Å². The van der Waals surface area contributed by atoms with E-state index in [1.54, 1.807) is 61.5 Å². The van der Waals surface area contributed by atoms with Crippen molar-refractivity contribution < 1.29 is 23.9 Å². The monoisotopic (exact) mass is 621 g/mol. The Labute approximate surface area is 269 Å². The molecule has 0 aliphatic carbocycles. The number of hydrogen-bond acceptors (Lipinski definition) is 5. The lowest BCUT2D eigenvalue weighted by atomic mass is 10.1. The first-order chi connectivity index (χ1) is 22.0. The van der Waals surface area contributed by atoms with Crippen LogP contribution in [-0.2, 0) is 14.4 Å². The van der Waals surface area contributed by atoms with E-state index < -0.39 is 11.9 Å². The minimum Gasteiger partial charge on any atom is -0.484 e. The predicted octanol–water partition coefficient (Wildman–Crippen LogP) is 5.47. The first-order valence-electron chi connectivity index (χ1n) is 14.8. The standard InChI is InChI=1S/C36H39N5O5/c1-25-12-9-14-28(20-25)38-36(45)37-22-33(42)41(23-34(43)39(4)29-15-7-6-8-16-29)30-17-11-18-31(21-30)46-24-35(44)40(5)32-19-10-13-26(2)27(32)3/h6-21H,22-24H2,1-5H3,(H2,37,38,45). The third-order valence-electron chi connectivity index (χ3n) is 7.59. The molecular weight excluding hydrogens is 582 g/mol. The minimum atomic E-state index is -0.560. The van der Waals surface area contributed by atoms with Gasteiger partial charge in [-0.1, -0.05) is 48.5 Å². The van der Waals surface area contributed by atoms with Crippen LogP contribution in [0.25, 0.3) is 0 Å². The number of aryl methyl sites for hydroxylation is 2. The molecule has 0 fully saturated rings. The van der Waals surface area contributed by atoms with Gasteiger partial charge in [0.25, 0.3) is 5.91 Å². The van der Waals surface area contributed by atoms with Crippen LogP contribution >= 0.6 is 0 Å². The maximum atomic E-state index is 13.5. The SMILES string of the molecule is Cc1cccc(NC(=O)NCC(=O)N(CC(=O)N(C)c2ccccc2)c2cccc(OCC(=O)N(C)c3cccc(C)c3C)c2)c1. The molecule has 0 atom stereocenters. The van der Waals surface area contributed by atoms with E-state index in [4.69, 9.17) is 4.74 Å². The fourth-order valence-corrected chi connectivity index (χ4v) is 4.73. The van der Waals surface area contributed by atoms with Gasteiger partial charge in [0.2, 0.25) is 11.8 Å². The third-order valence-corrected chi connectivity index (χ3v) is 7.59. The third kappa shape index (κ3) is 8.72. The van der Waals surface area contributed by atoms with Crippen molar-refractivity contribution in [3.05, 3.63) is 114 Å². The van der Waals surface area contributed by atoms with Crippen LogP contribution in [0.3, 0.4) is 0 Å². The van der Waals surface area contributed by atoms with Crippen molar-refractivity contribution in [2.45, 2.75) is 20.8 Å². The van der Waals surface area contributed by atoms with Crippen molar-refractivity contribution in [2.75, 3.05) is 53.8 Å². The molecule has 0 aromatic heterocycles. The number of carbonyl (C=O) groups is 4. The molecule has 46 heavy (non-hydrogen) atoms. The second kappa shape index (κ2) is 15.4. The van der Waals surface area contributed by atoms with Gasteiger partial charge in [-0.2, -0.15) is 0 Å². The molecule has 4 rings (SSSR count). The summed E-state index contributed by atoms with van der Waals surface area (Å²) in [5, 5.41) is 5.29. The molecule has 0 saturated carbocycles. The van der Waals surface area contributed by atoms with E-state index in [-0.39, 0.29) is 31.5 Å². The molecule has 0 bridgehead atoms. The Bertz CT molecular complexity index is 1710. The first kappa shape index (κ1) is 33.3. The fourth-order valence-electron chi connectivity index (χ4n) is 4.73. The van der Waals surface area contributed by atoms with Gasteiger partial charge in [0, 0.05) is 42.9 Å². The van der Waals surface area contributed by atoms with Crippen LogP contribution < -0.4 is 30.1 Å². The highest BCUT2D eigenvalue weighted by atomic mass is 16.5. The van der Waals surface area contributed by atoms with Crippen LogP contribution in [0.4, 0.5) is 27.5 Å². The fraction of sp³-hybridized carbons (Fsp3) is 0.222. The Hall–Kier alpha value is -5.64. The summed E-state index contributed by atoms with van der Waals surface area (Å²) in [7, 11) is 3.33. The highest BCUT2D eigenvalue weighted by Gasteiger charge is 2.23. The molecule has 2 N–H and O–H groups in total. The van der Waals surface area contributed by atoms with Gasteiger partial charge >= 0.3 is 6.03 Å². The van der Waals surface area contributed by atoms with E-state index in [0.29, 0.717) is 22.8 Å². The average molecular weight is 622 g/mol. The summed E-state index contributed by atoms with van der Waals surface area (Å²) in [5.74, 6) is -0.778. The van der Waals surface area contributed by atoms with Crippen LogP contribution in [0.2, 0.25) is 0 Å². The summed E-state index contributed by atoms with van der Waals surface area (Å²) in [6, 6.07) is 28.1. The smallest absolute Gasteiger partial charge is 0.319 e. The Kier molecular flexibility index (Phi) is 11.1. The van der Waals surface area contributed by atoms with Gasteiger partial charge in [-0.05, 0) is 79.9 Å². The van der Waals surface area contributed by atoms with E-state index in [1.165, 1.54) is 9.80 Å². The number of ether oxygens (including phenoxy) is 1. The van der Waals surface area contributed by atoms with Crippen LogP contribution in [0.1, 0.15) is 16.7 Å². The van der Waals surface area contributed by atoms with Crippen LogP contribution in [0.5, 0.6) is 5.75 Å². The van der Waals surface area contributed by atoms with Gasteiger partial charge in [-0.25, -0.2) is 4.79 Å². The molecule has 0 heterocycles. The van der Waals surface area contributed by atoms with Crippen molar-refractivity contribution in [3.63, 3.8) is 0 Å². The minimum absolute atomic E-state index is 0.238. The second-order valence-corrected chi connectivity index (χ2v) is 10.9. The first-order valence-corrected chi connectivity index (χ1v) is 14.8. The zero-order chi connectivity index (χ0) is 33.2. The van der Waals surface area contributed by atoms with E-state index >= 15 is 0 Å². The number of nitrogens with one attached hydrogen (secondary N) is 2. The molecular formula is C36H39N5O5. The van der Waals surface area contributed by atoms with Crippen LogP contribution in [-0.4, -0.2) is 57.5 Å². The number of benzene rings is 4. The summed E-state index contributed by atoms with van der Waals surface area (Å²) in [4.78, 5) is 56.8. The number of urea groups is 1. The van der Waals surface area contributed by atoms with Crippen molar-refractivity contribution in [1.82, 2.24) is 5.32 Å². The lowest BCUT2D eigenvalue weighted by Crippen LogP contribution is -2.46. The molecule has 4 aromatic rings.